The van der Waals surface area contributed by atoms with E-state index in [0.29, 0.717) is 0 Å². The van der Waals surface area contributed by atoms with Crippen LogP contribution in [0.3, 0.4) is 0 Å². The van der Waals surface area contributed by atoms with Crippen LogP contribution in [0.15, 0.2) is 0 Å². The molecule has 0 spiro atoms. The zero-order valence-corrected chi connectivity index (χ0v) is 9.26. The third kappa shape index (κ3) is 3.12. The van der Waals surface area contributed by atoms with Gasteiger partial charge in [0.25, 0.3) is 0 Å². The van der Waals surface area contributed by atoms with E-state index in [1.165, 1.54) is 0 Å². The number of carbonyl (C=O) groups excluding carboxylic acids is 1. The number of likely N-dealkylation sites (N-methyl/N-ethyl adjacent to an activating group) is 1. The van der Waals surface area contributed by atoms with E-state index in [1.54, 1.807) is 5.06 Å². The van der Waals surface area contributed by atoms with Gasteiger partial charge >= 0.3 is 5.97 Å². The molecule has 1 aliphatic heterocycles. The lowest BCUT2D eigenvalue weighted by molar-refractivity contribution is -0.198. The van der Waals surface area contributed by atoms with Crippen LogP contribution in [0, 0.1) is 5.92 Å². The highest BCUT2D eigenvalue weighted by atomic mass is 35.5. The Kier molecular flexibility index (Phi) is 4.16. The molecule has 0 bridgehead atoms. The highest BCUT2D eigenvalue weighted by Gasteiger charge is 2.33. The first-order valence-corrected chi connectivity index (χ1v) is 4.91. The molecule has 1 saturated heterocycles. The largest absolute Gasteiger partial charge is 0.368 e. The fraction of sp³-hybridized carbons (Fsp3) is 0.889. The van der Waals surface area contributed by atoms with Crippen LogP contribution >= 0.6 is 12.4 Å². The molecule has 5 heteroatoms. The van der Waals surface area contributed by atoms with Crippen molar-refractivity contribution in [1.29, 1.82) is 0 Å². The van der Waals surface area contributed by atoms with Gasteiger partial charge in [-0.2, -0.15) is 0 Å². The maximum atomic E-state index is 11.3. The van der Waals surface area contributed by atoms with E-state index in [2.05, 4.69) is 11.9 Å². The van der Waals surface area contributed by atoms with Crippen molar-refractivity contribution in [1.82, 2.24) is 9.96 Å². The highest BCUT2D eigenvalue weighted by molar-refractivity contribution is 5.85. The third-order valence-electron chi connectivity index (χ3n) is 2.59. The summed E-state index contributed by atoms with van der Waals surface area (Å²) in [5.74, 6) is 0.184. The zero-order chi connectivity index (χ0) is 9.26. The Labute approximate surface area is 90.5 Å². The minimum Gasteiger partial charge on any atom is -0.368 e. The summed E-state index contributed by atoms with van der Waals surface area (Å²) < 4.78 is 0. The van der Waals surface area contributed by atoms with Gasteiger partial charge in [-0.25, -0.2) is 0 Å². The Morgan fingerprint density at radius 1 is 1.21 bits per heavy atom. The number of hydrogen-bond donors (Lipinski definition) is 0. The molecule has 2 rings (SSSR count). The number of rotatable bonds is 2. The van der Waals surface area contributed by atoms with E-state index < -0.39 is 0 Å². The summed E-state index contributed by atoms with van der Waals surface area (Å²) in [6, 6.07) is 0. The molecule has 0 N–H and O–H groups in total. The number of piperazine rings is 1. The van der Waals surface area contributed by atoms with Gasteiger partial charge < -0.3 is 9.74 Å². The second kappa shape index (κ2) is 4.96. The second-order valence-corrected chi connectivity index (χ2v) is 3.92. The fourth-order valence-corrected chi connectivity index (χ4v) is 1.40. The number of hydroxylamine groups is 2. The third-order valence-corrected chi connectivity index (χ3v) is 2.59. The summed E-state index contributed by atoms with van der Waals surface area (Å²) in [4.78, 5) is 18.7. The lowest BCUT2D eigenvalue weighted by Gasteiger charge is -2.30. The summed E-state index contributed by atoms with van der Waals surface area (Å²) in [6.45, 7) is 3.65. The summed E-state index contributed by atoms with van der Waals surface area (Å²) in [7, 11) is 2.08. The van der Waals surface area contributed by atoms with Crippen LogP contribution in [-0.4, -0.2) is 49.2 Å². The molecule has 1 saturated carbocycles. The monoisotopic (exact) mass is 220 g/mol. The molecular weight excluding hydrogens is 204 g/mol. The van der Waals surface area contributed by atoms with Crippen molar-refractivity contribution in [2.45, 2.75) is 12.8 Å². The lowest BCUT2D eigenvalue weighted by atomic mass is 10.4. The Bertz CT molecular complexity index is 201. The zero-order valence-electron chi connectivity index (χ0n) is 8.44. The van der Waals surface area contributed by atoms with E-state index in [9.17, 15) is 4.79 Å². The number of carbonyl (C=O) groups is 1. The van der Waals surface area contributed by atoms with Crippen LogP contribution in [0.5, 0.6) is 0 Å². The topological polar surface area (TPSA) is 32.8 Å². The number of nitrogens with zero attached hydrogens (tertiary/aromatic N) is 2. The molecule has 0 amide bonds. The maximum absolute atomic E-state index is 11.3. The Morgan fingerprint density at radius 2 is 1.79 bits per heavy atom. The van der Waals surface area contributed by atoms with Gasteiger partial charge in [-0.1, -0.05) is 0 Å². The van der Waals surface area contributed by atoms with Crippen molar-refractivity contribution < 1.29 is 9.63 Å². The Balaban J connectivity index is 0.000000980. The molecule has 1 heterocycles. The molecule has 0 aromatic heterocycles. The maximum Gasteiger partial charge on any atom is 0.328 e. The molecule has 82 valence electrons. The molecule has 2 aliphatic rings. The van der Waals surface area contributed by atoms with E-state index in [-0.39, 0.29) is 24.3 Å². The normalized spacial score (nSPS) is 24.1. The van der Waals surface area contributed by atoms with E-state index in [0.717, 1.165) is 39.0 Å². The van der Waals surface area contributed by atoms with Crippen molar-refractivity contribution in [3.05, 3.63) is 0 Å². The molecular formula is C9H17ClN2O2. The van der Waals surface area contributed by atoms with Crippen molar-refractivity contribution in [2.24, 2.45) is 5.92 Å². The van der Waals surface area contributed by atoms with Crippen molar-refractivity contribution in [3.63, 3.8) is 0 Å². The van der Waals surface area contributed by atoms with E-state index in [1.807, 2.05) is 0 Å². The van der Waals surface area contributed by atoms with Crippen LogP contribution in [0.1, 0.15) is 12.8 Å². The van der Waals surface area contributed by atoms with Crippen molar-refractivity contribution in [3.8, 4) is 0 Å². The van der Waals surface area contributed by atoms with Crippen LogP contribution in [0.25, 0.3) is 0 Å². The fourth-order valence-electron chi connectivity index (χ4n) is 1.40. The first-order chi connectivity index (χ1) is 6.25. The van der Waals surface area contributed by atoms with Crippen LogP contribution in [-0.2, 0) is 9.63 Å². The smallest absolute Gasteiger partial charge is 0.328 e. The molecule has 0 unspecified atom stereocenters. The van der Waals surface area contributed by atoms with Gasteiger partial charge in [0.15, 0.2) is 0 Å². The average Bonchev–Trinajstić information content (AvgIpc) is 2.91. The summed E-state index contributed by atoms with van der Waals surface area (Å²) in [6.07, 6.45) is 2.04. The number of hydrogen-bond acceptors (Lipinski definition) is 4. The number of halogens is 1. The molecule has 2 fully saturated rings. The average molecular weight is 221 g/mol. The Hall–Kier alpha value is -0.320. The lowest BCUT2D eigenvalue weighted by Crippen LogP contribution is -2.45. The SMILES string of the molecule is CN1CCN(OC(=O)C2CC2)CC1.Cl. The molecule has 0 radical (unpaired) electrons. The van der Waals surface area contributed by atoms with Gasteiger partial charge in [-0.3, -0.25) is 4.79 Å². The molecule has 1 aliphatic carbocycles. The second-order valence-electron chi connectivity index (χ2n) is 3.92. The summed E-state index contributed by atoms with van der Waals surface area (Å²) >= 11 is 0. The van der Waals surface area contributed by atoms with E-state index >= 15 is 0 Å². The van der Waals surface area contributed by atoms with Crippen LogP contribution in [0.2, 0.25) is 0 Å². The van der Waals surface area contributed by atoms with Crippen LogP contribution < -0.4 is 0 Å². The quantitative estimate of drug-likeness (QED) is 0.680. The van der Waals surface area contributed by atoms with Gasteiger partial charge in [-0.15, -0.1) is 17.5 Å². The van der Waals surface area contributed by atoms with Gasteiger partial charge in [0.1, 0.15) is 0 Å². The molecule has 0 atom stereocenters. The van der Waals surface area contributed by atoms with Gasteiger partial charge in [-0.05, 0) is 19.9 Å². The van der Waals surface area contributed by atoms with E-state index in [4.69, 9.17) is 4.84 Å². The summed E-state index contributed by atoms with van der Waals surface area (Å²) in [5.41, 5.74) is 0. The first-order valence-electron chi connectivity index (χ1n) is 4.91. The molecule has 14 heavy (non-hydrogen) atoms. The van der Waals surface area contributed by atoms with Crippen molar-refractivity contribution in [2.75, 3.05) is 33.2 Å². The van der Waals surface area contributed by atoms with Gasteiger partial charge in [0.05, 0.1) is 5.92 Å². The minimum atomic E-state index is -0.0236. The molecule has 0 aromatic rings. The standard InChI is InChI=1S/C9H16N2O2.ClH/c1-10-4-6-11(7-5-10)13-9(12)8-2-3-8;/h8H,2-7H2,1H3;1H. The van der Waals surface area contributed by atoms with Gasteiger partial charge in [0.2, 0.25) is 0 Å². The predicted molar refractivity (Wildman–Crippen MR) is 55.1 cm³/mol. The summed E-state index contributed by atoms with van der Waals surface area (Å²) in [5, 5.41) is 1.79. The highest BCUT2D eigenvalue weighted by Crippen LogP contribution is 2.30. The Morgan fingerprint density at radius 3 is 2.29 bits per heavy atom. The van der Waals surface area contributed by atoms with Crippen LogP contribution in [0.4, 0.5) is 0 Å². The van der Waals surface area contributed by atoms with Crippen molar-refractivity contribution >= 4 is 18.4 Å². The molecule has 4 nitrogen and oxygen atoms in total. The minimum absolute atomic E-state index is 0. The van der Waals surface area contributed by atoms with Gasteiger partial charge in [0, 0.05) is 26.2 Å². The predicted octanol–water partition coefficient (Wildman–Crippen LogP) is 0.524. The first kappa shape index (κ1) is 11.8. The molecule has 0 aromatic carbocycles.